The lowest BCUT2D eigenvalue weighted by molar-refractivity contribution is -0.120. The van der Waals surface area contributed by atoms with Gasteiger partial charge in [-0.05, 0) is 13.3 Å². The normalized spacial score (nSPS) is 10.1. The lowest BCUT2D eigenvalue weighted by atomic mass is 10.4. The Hall–Kier alpha value is -1.85. The molecule has 6 heteroatoms. The predicted molar refractivity (Wildman–Crippen MR) is 70.6 cm³/mol. The standard InChI is InChI=1S/C12H20N4O2/c1-3-8-16-9-7-15-11(12(16)18)14-6-5-10(17)13-4-2/h7,9H,3-6,8H2,1-2H3,(H,13,17)(H,14,15). The van der Waals surface area contributed by atoms with Gasteiger partial charge in [-0.25, -0.2) is 4.98 Å². The Kier molecular flexibility index (Phi) is 5.90. The number of aryl methyl sites for hydroxylation is 1. The van der Waals surface area contributed by atoms with Gasteiger partial charge in [0.2, 0.25) is 5.91 Å². The van der Waals surface area contributed by atoms with Crippen LogP contribution >= 0.6 is 0 Å². The van der Waals surface area contributed by atoms with Crippen LogP contribution in [0.5, 0.6) is 0 Å². The molecule has 0 fully saturated rings. The fraction of sp³-hybridized carbons (Fsp3) is 0.583. The van der Waals surface area contributed by atoms with Crippen molar-refractivity contribution in [3.05, 3.63) is 22.7 Å². The summed E-state index contributed by atoms with van der Waals surface area (Å²) in [7, 11) is 0. The minimum absolute atomic E-state index is 0.0326. The third-order valence-electron chi connectivity index (χ3n) is 2.40. The second-order valence-electron chi connectivity index (χ2n) is 3.90. The van der Waals surface area contributed by atoms with Gasteiger partial charge >= 0.3 is 0 Å². The molecule has 0 saturated carbocycles. The number of nitrogens with zero attached hydrogens (tertiary/aromatic N) is 2. The molecule has 0 atom stereocenters. The predicted octanol–water partition coefficient (Wildman–Crippen LogP) is 0.591. The first-order valence-corrected chi connectivity index (χ1v) is 6.25. The molecule has 0 bridgehead atoms. The Morgan fingerprint density at radius 2 is 2.22 bits per heavy atom. The van der Waals surface area contributed by atoms with E-state index in [1.54, 1.807) is 17.0 Å². The molecule has 0 spiro atoms. The molecule has 1 aromatic heterocycles. The zero-order chi connectivity index (χ0) is 13.4. The average Bonchev–Trinajstić information content (AvgIpc) is 2.34. The van der Waals surface area contributed by atoms with Crippen LogP contribution in [-0.4, -0.2) is 28.5 Å². The van der Waals surface area contributed by atoms with Gasteiger partial charge < -0.3 is 15.2 Å². The molecule has 0 radical (unpaired) electrons. The van der Waals surface area contributed by atoms with Crippen molar-refractivity contribution in [3.8, 4) is 0 Å². The van der Waals surface area contributed by atoms with Gasteiger partial charge in [0.1, 0.15) is 0 Å². The number of anilines is 1. The van der Waals surface area contributed by atoms with E-state index in [-0.39, 0.29) is 11.5 Å². The van der Waals surface area contributed by atoms with E-state index in [9.17, 15) is 9.59 Å². The third-order valence-corrected chi connectivity index (χ3v) is 2.40. The summed E-state index contributed by atoms with van der Waals surface area (Å²) in [5, 5.41) is 5.59. The van der Waals surface area contributed by atoms with E-state index in [0.717, 1.165) is 6.42 Å². The SMILES string of the molecule is CCCn1ccnc(NCCC(=O)NCC)c1=O. The first kappa shape index (κ1) is 14.2. The van der Waals surface area contributed by atoms with E-state index < -0.39 is 0 Å². The molecule has 0 saturated heterocycles. The highest BCUT2D eigenvalue weighted by Gasteiger charge is 2.04. The summed E-state index contributed by atoms with van der Waals surface area (Å²) in [6, 6.07) is 0. The number of hydrogen-bond acceptors (Lipinski definition) is 4. The number of hydrogen-bond donors (Lipinski definition) is 2. The number of rotatable bonds is 7. The molecule has 1 rings (SSSR count). The maximum atomic E-state index is 11.9. The smallest absolute Gasteiger partial charge is 0.293 e. The Morgan fingerprint density at radius 3 is 2.89 bits per heavy atom. The minimum Gasteiger partial charge on any atom is -0.365 e. The second-order valence-corrected chi connectivity index (χ2v) is 3.90. The van der Waals surface area contributed by atoms with Crippen molar-refractivity contribution in [2.24, 2.45) is 0 Å². The van der Waals surface area contributed by atoms with Gasteiger partial charge in [-0.1, -0.05) is 6.92 Å². The van der Waals surface area contributed by atoms with Crippen LogP contribution in [0.3, 0.4) is 0 Å². The summed E-state index contributed by atoms with van der Waals surface area (Å²) in [6.07, 6.45) is 4.48. The van der Waals surface area contributed by atoms with Crippen molar-refractivity contribution >= 4 is 11.7 Å². The van der Waals surface area contributed by atoms with Crippen LogP contribution < -0.4 is 16.2 Å². The highest BCUT2D eigenvalue weighted by molar-refractivity contribution is 5.76. The molecular formula is C12H20N4O2. The lowest BCUT2D eigenvalue weighted by Crippen LogP contribution is -2.28. The molecule has 0 aromatic carbocycles. The molecule has 0 aliphatic rings. The third kappa shape index (κ3) is 4.20. The van der Waals surface area contributed by atoms with Crippen LogP contribution in [0, 0.1) is 0 Å². The molecule has 0 aliphatic heterocycles. The summed E-state index contributed by atoms with van der Waals surface area (Å²) in [4.78, 5) is 27.1. The molecule has 100 valence electrons. The molecule has 1 aromatic rings. The zero-order valence-electron chi connectivity index (χ0n) is 10.9. The molecular weight excluding hydrogens is 232 g/mol. The maximum absolute atomic E-state index is 11.9. The molecule has 0 unspecified atom stereocenters. The first-order chi connectivity index (χ1) is 8.69. The van der Waals surface area contributed by atoms with Crippen LogP contribution in [0.25, 0.3) is 0 Å². The highest BCUT2D eigenvalue weighted by Crippen LogP contribution is 1.94. The quantitative estimate of drug-likeness (QED) is 0.744. The molecule has 6 nitrogen and oxygen atoms in total. The van der Waals surface area contributed by atoms with Gasteiger partial charge in [-0.15, -0.1) is 0 Å². The van der Waals surface area contributed by atoms with Crippen molar-refractivity contribution in [3.63, 3.8) is 0 Å². The second kappa shape index (κ2) is 7.47. The average molecular weight is 252 g/mol. The maximum Gasteiger partial charge on any atom is 0.293 e. The van der Waals surface area contributed by atoms with Crippen LogP contribution in [0.1, 0.15) is 26.7 Å². The van der Waals surface area contributed by atoms with E-state index in [2.05, 4.69) is 15.6 Å². The fourth-order valence-electron chi connectivity index (χ4n) is 1.57. The number of amides is 1. The molecule has 0 aliphatic carbocycles. The number of carbonyl (C=O) groups is 1. The van der Waals surface area contributed by atoms with Gasteiger partial charge in [-0.3, -0.25) is 9.59 Å². The summed E-state index contributed by atoms with van der Waals surface area (Å²) in [5.74, 6) is 0.269. The summed E-state index contributed by atoms with van der Waals surface area (Å²) < 4.78 is 1.61. The summed E-state index contributed by atoms with van der Waals surface area (Å²) in [5.41, 5.74) is -0.143. The largest absolute Gasteiger partial charge is 0.365 e. The lowest BCUT2D eigenvalue weighted by Gasteiger charge is -2.08. The van der Waals surface area contributed by atoms with E-state index in [4.69, 9.17) is 0 Å². The van der Waals surface area contributed by atoms with Gasteiger partial charge in [0, 0.05) is 38.4 Å². The Labute approximate surface area is 106 Å². The van der Waals surface area contributed by atoms with Crippen molar-refractivity contribution in [1.82, 2.24) is 14.9 Å². The molecule has 1 amide bonds. The Bertz CT molecular complexity index is 442. The Balaban J connectivity index is 2.55. The van der Waals surface area contributed by atoms with Gasteiger partial charge in [-0.2, -0.15) is 0 Å². The van der Waals surface area contributed by atoms with Crippen molar-refractivity contribution < 1.29 is 4.79 Å². The monoisotopic (exact) mass is 252 g/mol. The molecule has 18 heavy (non-hydrogen) atoms. The summed E-state index contributed by atoms with van der Waals surface area (Å²) >= 11 is 0. The number of carbonyl (C=O) groups excluding carboxylic acids is 1. The van der Waals surface area contributed by atoms with Crippen LogP contribution in [-0.2, 0) is 11.3 Å². The highest BCUT2D eigenvalue weighted by atomic mass is 16.1. The van der Waals surface area contributed by atoms with Gasteiger partial charge in [0.25, 0.3) is 5.56 Å². The van der Waals surface area contributed by atoms with Crippen molar-refractivity contribution in [1.29, 1.82) is 0 Å². The van der Waals surface area contributed by atoms with E-state index in [1.165, 1.54) is 0 Å². The minimum atomic E-state index is -0.143. The molecule has 1 heterocycles. The number of aromatic nitrogens is 2. The van der Waals surface area contributed by atoms with E-state index >= 15 is 0 Å². The van der Waals surface area contributed by atoms with E-state index in [1.807, 2.05) is 13.8 Å². The molecule has 2 N–H and O–H groups in total. The number of nitrogens with one attached hydrogen (secondary N) is 2. The summed E-state index contributed by atoms with van der Waals surface area (Å²) in [6.45, 7) is 5.57. The van der Waals surface area contributed by atoms with Gasteiger partial charge in [0.15, 0.2) is 5.82 Å². The fourth-order valence-corrected chi connectivity index (χ4v) is 1.57. The van der Waals surface area contributed by atoms with Gasteiger partial charge in [0.05, 0.1) is 0 Å². The zero-order valence-corrected chi connectivity index (χ0v) is 10.9. The van der Waals surface area contributed by atoms with Crippen LogP contribution in [0.15, 0.2) is 17.2 Å². The first-order valence-electron chi connectivity index (χ1n) is 6.25. The van der Waals surface area contributed by atoms with E-state index in [0.29, 0.717) is 31.9 Å². The van der Waals surface area contributed by atoms with Crippen molar-refractivity contribution in [2.45, 2.75) is 33.2 Å². The van der Waals surface area contributed by atoms with Crippen LogP contribution in [0.2, 0.25) is 0 Å². The van der Waals surface area contributed by atoms with Crippen molar-refractivity contribution in [2.75, 3.05) is 18.4 Å². The van der Waals surface area contributed by atoms with Crippen LogP contribution in [0.4, 0.5) is 5.82 Å². The Morgan fingerprint density at radius 1 is 1.44 bits per heavy atom. The topological polar surface area (TPSA) is 76.0 Å².